The van der Waals surface area contributed by atoms with Crippen LogP contribution in [0.1, 0.15) is 0 Å². The van der Waals surface area contributed by atoms with E-state index >= 15 is 0 Å². The molecule has 0 aromatic heterocycles. The summed E-state index contributed by atoms with van der Waals surface area (Å²) >= 11 is 7.62. The second kappa shape index (κ2) is 8.60. The highest BCUT2D eigenvalue weighted by Gasteiger charge is 2.10. The first-order valence-electron chi connectivity index (χ1n) is 7.71. The van der Waals surface area contributed by atoms with E-state index in [1.807, 2.05) is 54.6 Å². The normalized spacial score (nSPS) is 10.3. The Balaban J connectivity index is 1.66. The van der Waals surface area contributed by atoms with E-state index in [4.69, 9.17) is 16.3 Å². The summed E-state index contributed by atoms with van der Waals surface area (Å²) in [6.45, 7) is 0. The fourth-order valence-electron chi connectivity index (χ4n) is 2.16. The van der Waals surface area contributed by atoms with Gasteiger partial charge in [-0.2, -0.15) is 0 Å². The molecule has 3 nitrogen and oxygen atoms in total. The van der Waals surface area contributed by atoms with Crippen molar-refractivity contribution >= 4 is 35.0 Å². The van der Waals surface area contributed by atoms with Gasteiger partial charge in [0, 0.05) is 4.90 Å². The van der Waals surface area contributed by atoms with Gasteiger partial charge in [-0.05, 0) is 36.4 Å². The van der Waals surface area contributed by atoms with Crippen LogP contribution in [-0.4, -0.2) is 11.7 Å². The molecular weight excluding hydrogens is 354 g/mol. The zero-order valence-electron chi connectivity index (χ0n) is 13.3. The average Bonchev–Trinajstić information content (AvgIpc) is 2.64. The molecule has 3 rings (SSSR count). The van der Waals surface area contributed by atoms with Crippen LogP contribution < -0.4 is 10.1 Å². The fourth-order valence-corrected chi connectivity index (χ4v) is 3.05. The molecule has 0 radical (unpaired) electrons. The van der Waals surface area contributed by atoms with E-state index in [0.29, 0.717) is 28.0 Å². The number of nitrogens with one attached hydrogen (secondary N) is 1. The lowest BCUT2D eigenvalue weighted by Crippen LogP contribution is -2.14. The van der Waals surface area contributed by atoms with Crippen LogP contribution in [0, 0.1) is 0 Å². The molecule has 0 atom stereocenters. The Morgan fingerprint density at radius 1 is 0.880 bits per heavy atom. The van der Waals surface area contributed by atoms with Crippen LogP contribution in [0.4, 0.5) is 5.69 Å². The van der Waals surface area contributed by atoms with E-state index in [1.54, 1.807) is 24.3 Å². The number of carbonyl (C=O) groups is 1. The number of hydrogen-bond acceptors (Lipinski definition) is 3. The first kappa shape index (κ1) is 17.4. The summed E-state index contributed by atoms with van der Waals surface area (Å²) in [6, 6.07) is 24.3. The molecule has 0 spiro atoms. The van der Waals surface area contributed by atoms with Crippen molar-refractivity contribution in [3.05, 3.63) is 83.9 Å². The van der Waals surface area contributed by atoms with Crippen molar-refractivity contribution in [3.63, 3.8) is 0 Å². The van der Waals surface area contributed by atoms with Crippen LogP contribution in [0.5, 0.6) is 11.5 Å². The molecule has 0 aliphatic rings. The number of thioether (sulfide) groups is 1. The van der Waals surface area contributed by atoms with Gasteiger partial charge in [0.1, 0.15) is 5.75 Å². The van der Waals surface area contributed by atoms with Crippen molar-refractivity contribution in [1.82, 2.24) is 0 Å². The van der Waals surface area contributed by atoms with Crippen LogP contribution in [0.15, 0.2) is 83.8 Å². The number of hydrogen-bond donors (Lipinski definition) is 1. The number of benzene rings is 3. The summed E-state index contributed by atoms with van der Waals surface area (Å²) in [6.07, 6.45) is 0. The number of ether oxygens (including phenoxy) is 1. The van der Waals surface area contributed by atoms with Gasteiger partial charge in [-0.25, -0.2) is 0 Å². The number of halogens is 1. The van der Waals surface area contributed by atoms with Crippen molar-refractivity contribution in [3.8, 4) is 11.5 Å². The molecule has 0 bridgehead atoms. The van der Waals surface area contributed by atoms with E-state index in [2.05, 4.69) is 5.32 Å². The molecule has 0 aliphatic carbocycles. The summed E-state index contributed by atoms with van der Waals surface area (Å²) in [7, 11) is 0. The minimum Gasteiger partial charge on any atom is -0.454 e. The summed E-state index contributed by atoms with van der Waals surface area (Å²) in [5.74, 6) is 1.33. The summed E-state index contributed by atoms with van der Waals surface area (Å²) in [5.41, 5.74) is 0.612. The Morgan fingerprint density at radius 3 is 2.28 bits per heavy atom. The maximum absolute atomic E-state index is 12.2. The Kier molecular flexibility index (Phi) is 5.99. The largest absolute Gasteiger partial charge is 0.454 e. The molecule has 25 heavy (non-hydrogen) atoms. The van der Waals surface area contributed by atoms with Crippen LogP contribution in [0.3, 0.4) is 0 Å². The molecule has 3 aromatic carbocycles. The molecule has 0 heterocycles. The molecule has 1 N–H and O–H groups in total. The van der Waals surface area contributed by atoms with E-state index in [0.717, 1.165) is 4.90 Å². The number of para-hydroxylation sites is 3. The van der Waals surface area contributed by atoms with Gasteiger partial charge in [0.15, 0.2) is 5.75 Å². The first-order chi connectivity index (χ1) is 12.2. The van der Waals surface area contributed by atoms with Crippen LogP contribution in [0.25, 0.3) is 0 Å². The highest BCUT2D eigenvalue weighted by Crippen LogP contribution is 2.33. The highest BCUT2D eigenvalue weighted by molar-refractivity contribution is 8.00. The lowest BCUT2D eigenvalue weighted by atomic mass is 10.3. The highest BCUT2D eigenvalue weighted by atomic mass is 35.5. The second-order valence-electron chi connectivity index (χ2n) is 5.18. The van der Waals surface area contributed by atoms with Gasteiger partial charge in [-0.15, -0.1) is 11.8 Å². The molecule has 0 saturated carbocycles. The third kappa shape index (κ3) is 5.02. The van der Waals surface area contributed by atoms with E-state index in [1.165, 1.54) is 11.8 Å². The molecule has 126 valence electrons. The van der Waals surface area contributed by atoms with Crippen molar-refractivity contribution in [2.75, 3.05) is 11.1 Å². The lowest BCUT2D eigenvalue weighted by Gasteiger charge is -2.13. The molecule has 5 heteroatoms. The van der Waals surface area contributed by atoms with Gasteiger partial charge in [-0.1, -0.05) is 54.1 Å². The van der Waals surface area contributed by atoms with Gasteiger partial charge < -0.3 is 10.1 Å². The third-order valence-corrected chi connectivity index (χ3v) is 4.66. The maximum Gasteiger partial charge on any atom is 0.234 e. The molecule has 0 saturated heterocycles. The standard InChI is InChI=1S/C20H16ClNO2S/c21-16-10-4-6-12-18(16)24-19-13-7-5-11-17(19)22-20(23)14-25-15-8-2-1-3-9-15/h1-13H,14H2,(H,22,23). The number of anilines is 1. The van der Waals surface area contributed by atoms with Crippen LogP contribution >= 0.6 is 23.4 Å². The summed E-state index contributed by atoms with van der Waals surface area (Å²) < 4.78 is 5.85. The Bertz CT molecular complexity index is 855. The number of amides is 1. The second-order valence-corrected chi connectivity index (χ2v) is 6.63. The predicted octanol–water partition coefficient (Wildman–Crippen LogP) is 5.86. The molecule has 0 aliphatic heterocycles. The Hall–Kier alpha value is -2.43. The summed E-state index contributed by atoms with van der Waals surface area (Å²) in [4.78, 5) is 13.3. The van der Waals surface area contributed by atoms with Crippen molar-refractivity contribution in [1.29, 1.82) is 0 Å². The fraction of sp³-hybridized carbons (Fsp3) is 0.0500. The van der Waals surface area contributed by atoms with Gasteiger partial charge in [0.2, 0.25) is 5.91 Å². The van der Waals surface area contributed by atoms with E-state index in [9.17, 15) is 4.79 Å². The molecule has 0 unspecified atom stereocenters. The summed E-state index contributed by atoms with van der Waals surface area (Å²) in [5, 5.41) is 3.41. The molecular formula is C20H16ClNO2S. The van der Waals surface area contributed by atoms with E-state index in [-0.39, 0.29) is 5.91 Å². The van der Waals surface area contributed by atoms with Gasteiger partial charge >= 0.3 is 0 Å². The minimum atomic E-state index is -0.0935. The predicted molar refractivity (Wildman–Crippen MR) is 104 cm³/mol. The lowest BCUT2D eigenvalue weighted by molar-refractivity contribution is -0.113. The van der Waals surface area contributed by atoms with Gasteiger partial charge in [0.05, 0.1) is 16.5 Å². The van der Waals surface area contributed by atoms with Crippen molar-refractivity contribution in [2.24, 2.45) is 0 Å². The SMILES string of the molecule is O=C(CSc1ccccc1)Nc1ccccc1Oc1ccccc1Cl. The number of rotatable bonds is 6. The zero-order valence-corrected chi connectivity index (χ0v) is 14.9. The quantitative estimate of drug-likeness (QED) is 0.553. The maximum atomic E-state index is 12.2. The van der Waals surface area contributed by atoms with Gasteiger partial charge in [-0.3, -0.25) is 4.79 Å². The minimum absolute atomic E-state index is 0.0935. The molecule has 1 amide bonds. The van der Waals surface area contributed by atoms with Crippen molar-refractivity contribution in [2.45, 2.75) is 4.90 Å². The third-order valence-electron chi connectivity index (χ3n) is 3.33. The molecule has 0 fully saturated rings. The molecule has 3 aromatic rings. The first-order valence-corrected chi connectivity index (χ1v) is 9.08. The van der Waals surface area contributed by atoms with E-state index < -0.39 is 0 Å². The van der Waals surface area contributed by atoms with Crippen molar-refractivity contribution < 1.29 is 9.53 Å². The van der Waals surface area contributed by atoms with Crippen LogP contribution in [-0.2, 0) is 4.79 Å². The Labute approximate surface area is 156 Å². The smallest absolute Gasteiger partial charge is 0.234 e. The van der Waals surface area contributed by atoms with Crippen LogP contribution in [0.2, 0.25) is 5.02 Å². The topological polar surface area (TPSA) is 38.3 Å². The zero-order chi connectivity index (χ0) is 17.5. The Morgan fingerprint density at radius 2 is 1.52 bits per heavy atom. The monoisotopic (exact) mass is 369 g/mol. The average molecular weight is 370 g/mol. The van der Waals surface area contributed by atoms with Gasteiger partial charge in [0.25, 0.3) is 0 Å². The number of carbonyl (C=O) groups excluding carboxylic acids is 1.